The Kier molecular flexibility index (Phi) is 4.23. The number of nitrogens with zero attached hydrogens (tertiary/aromatic N) is 3. The largest absolute Gasteiger partial charge is 0.324 e. The average molecular weight is 471 g/mol. The number of anilines is 1. The van der Waals surface area contributed by atoms with Crippen LogP contribution in [0.25, 0.3) is 0 Å². The van der Waals surface area contributed by atoms with Gasteiger partial charge in [-0.3, -0.25) is 9.48 Å². The molecule has 0 aliphatic heterocycles. The van der Waals surface area contributed by atoms with Crippen molar-refractivity contribution in [3.8, 4) is 6.07 Å². The Hall–Kier alpha value is -1.40. The predicted octanol–water partition coefficient (Wildman–Crippen LogP) is 3.64. The Bertz CT molecular complexity index is 776. The molecule has 1 aliphatic carbocycles. The molecule has 0 saturated heterocycles. The smallest absolute Gasteiger partial charge is 0.252 e. The first-order valence-electron chi connectivity index (χ1n) is 6.77. The molecule has 0 spiro atoms. The third kappa shape index (κ3) is 2.65. The number of halogens is 2. The number of nitrogens with one attached hydrogen (secondary N) is 1. The molecule has 0 unspecified atom stereocenters. The topological polar surface area (TPSA) is 70.7 Å². The average Bonchev–Trinajstić information content (AvgIpc) is 2.84. The molecule has 1 aromatic carbocycles. The highest BCUT2D eigenvalue weighted by atomic mass is 127. The van der Waals surface area contributed by atoms with Gasteiger partial charge in [-0.1, -0.05) is 0 Å². The maximum atomic E-state index is 12.7. The first kappa shape index (κ1) is 15.5. The lowest BCUT2D eigenvalue weighted by Gasteiger charge is -2.40. The summed E-state index contributed by atoms with van der Waals surface area (Å²) in [6.45, 7) is 0. The molecule has 3 rings (SSSR count). The molecule has 5 nitrogen and oxygen atoms in total. The Balaban J connectivity index is 1.84. The van der Waals surface area contributed by atoms with Gasteiger partial charge in [-0.15, -0.1) is 0 Å². The van der Waals surface area contributed by atoms with Crippen molar-refractivity contribution >= 4 is 50.1 Å². The van der Waals surface area contributed by atoms with Gasteiger partial charge in [0.1, 0.15) is 11.6 Å². The molecule has 1 aromatic heterocycles. The molecule has 22 heavy (non-hydrogen) atoms. The zero-order valence-electron chi connectivity index (χ0n) is 11.5. The molecule has 112 valence electrons. The summed E-state index contributed by atoms with van der Waals surface area (Å²) in [5.74, 6) is -0.0603. The van der Waals surface area contributed by atoms with Crippen molar-refractivity contribution in [2.45, 2.75) is 24.8 Å². The van der Waals surface area contributed by atoms with Gasteiger partial charge in [-0.05, 0) is 76.0 Å². The molecular weight excluding hydrogens is 459 g/mol. The third-order valence-corrected chi connectivity index (χ3v) is 5.15. The van der Waals surface area contributed by atoms with Gasteiger partial charge in [-0.25, -0.2) is 0 Å². The minimum atomic E-state index is -0.593. The van der Waals surface area contributed by atoms with E-state index in [1.807, 2.05) is 6.20 Å². The Morgan fingerprint density at radius 3 is 2.77 bits per heavy atom. The quantitative estimate of drug-likeness (QED) is 0.696. The number of carbonyl (C=O) groups is 1. The minimum absolute atomic E-state index is 0.0603. The van der Waals surface area contributed by atoms with Crippen LogP contribution in [-0.2, 0) is 10.3 Å². The SMILES string of the molecule is N#Cc1ccc(NC(=O)C2(n3cc(I)cn3)CCC2)cc1Br. The minimum Gasteiger partial charge on any atom is -0.324 e. The van der Waals surface area contributed by atoms with E-state index in [2.05, 4.69) is 55.0 Å². The van der Waals surface area contributed by atoms with Crippen LogP contribution in [0, 0.1) is 14.9 Å². The molecule has 1 saturated carbocycles. The molecule has 0 atom stereocenters. The van der Waals surface area contributed by atoms with Crippen molar-refractivity contribution in [1.82, 2.24) is 9.78 Å². The summed E-state index contributed by atoms with van der Waals surface area (Å²) in [5, 5.41) is 16.2. The second-order valence-corrected chi connectivity index (χ2v) is 7.35. The fourth-order valence-corrected chi connectivity index (χ4v) is 3.39. The molecular formula is C15H12BrIN4O. The standard InChI is InChI=1S/C15H12BrIN4O/c16-13-6-12(3-2-10(13)7-18)20-14(22)15(4-1-5-15)21-9-11(17)8-19-21/h2-3,6,8-9H,1,4-5H2,(H,20,22). The monoisotopic (exact) mass is 470 g/mol. The van der Waals surface area contributed by atoms with E-state index in [0.717, 1.165) is 22.8 Å². The summed E-state index contributed by atoms with van der Waals surface area (Å²) >= 11 is 5.52. The molecule has 1 fully saturated rings. The number of rotatable bonds is 3. The summed E-state index contributed by atoms with van der Waals surface area (Å²) in [5.41, 5.74) is 0.617. The highest BCUT2D eigenvalue weighted by Crippen LogP contribution is 2.40. The van der Waals surface area contributed by atoms with E-state index in [4.69, 9.17) is 5.26 Å². The number of hydrogen-bond donors (Lipinski definition) is 1. The molecule has 1 N–H and O–H groups in total. The van der Waals surface area contributed by atoms with E-state index in [1.54, 1.807) is 29.1 Å². The first-order valence-corrected chi connectivity index (χ1v) is 8.64. The van der Waals surface area contributed by atoms with Crippen LogP contribution in [0.1, 0.15) is 24.8 Å². The number of hydrogen-bond acceptors (Lipinski definition) is 3. The molecule has 0 bridgehead atoms. The van der Waals surface area contributed by atoms with Crippen LogP contribution >= 0.6 is 38.5 Å². The van der Waals surface area contributed by atoms with Gasteiger partial charge in [0.15, 0.2) is 0 Å². The zero-order chi connectivity index (χ0) is 15.7. The first-order chi connectivity index (χ1) is 10.5. The van der Waals surface area contributed by atoms with Gasteiger partial charge in [0.2, 0.25) is 0 Å². The van der Waals surface area contributed by atoms with Crippen molar-refractivity contribution in [2.24, 2.45) is 0 Å². The van der Waals surface area contributed by atoms with E-state index in [9.17, 15) is 4.79 Å². The molecule has 1 amide bonds. The van der Waals surface area contributed by atoms with Gasteiger partial charge < -0.3 is 5.32 Å². The van der Waals surface area contributed by atoms with Crippen molar-refractivity contribution in [3.05, 3.63) is 44.2 Å². The lowest BCUT2D eigenvalue weighted by atomic mass is 9.76. The van der Waals surface area contributed by atoms with Gasteiger partial charge in [-0.2, -0.15) is 10.4 Å². The highest BCUT2D eigenvalue weighted by molar-refractivity contribution is 14.1. The Morgan fingerprint density at radius 1 is 1.50 bits per heavy atom. The van der Waals surface area contributed by atoms with E-state index >= 15 is 0 Å². The zero-order valence-corrected chi connectivity index (χ0v) is 15.3. The van der Waals surface area contributed by atoms with Crippen LogP contribution in [0.5, 0.6) is 0 Å². The molecule has 1 heterocycles. The lowest BCUT2D eigenvalue weighted by molar-refractivity contribution is -0.129. The van der Waals surface area contributed by atoms with E-state index < -0.39 is 5.54 Å². The molecule has 2 aromatic rings. The fourth-order valence-electron chi connectivity index (χ4n) is 2.54. The normalized spacial score (nSPS) is 15.7. The number of carbonyl (C=O) groups excluding carboxylic acids is 1. The van der Waals surface area contributed by atoms with Gasteiger partial charge in [0.25, 0.3) is 5.91 Å². The second kappa shape index (κ2) is 6.01. The maximum Gasteiger partial charge on any atom is 0.252 e. The maximum absolute atomic E-state index is 12.7. The highest BCUT2D eigenvalue weighted by Gasteiger charge is 2.46. The summed E-state index contributed by atoms with van der Waals surface area (Å²) in [4.78, 5) is 12.7. The summed E-state index contributed by atoms with van der Waals surface area (Å²) < 4.78 is 3.45. The predicted molar refractivity (Wildman–Crippen MR) is 94.3 cm³/mol. The second-order valence-electron chi connectivity index (χ2n) is 5.25. The molecule has 1 aliphatic rings. The molecule has 0 radical (unpaired) electrons. The summed E-state index contributed by atoms with van der Waals surface area (Å²) in [6.07, 6.45) is 6.24. The van der Waals surface area contributed by atoms with E-state index in [-0.39, 0.29) is 5.91 Å². The van der Waals surface area contributed by atoms with Crippen molar-refractivity contribution in [3.63, 3.8) is 0 Å². The van der Waals surface area contributed by atoms with Crippen LogP contribution < -0.4 is 5.32 Å². The Labute approximate surface area is 150 Å². The molecule has 7 heteroatoms. The van der Waals surface area contributed by atoms with Gasteiger partial charge in [0, 0.05) is 16.4 Å². The Morgan fingerprint density at radius 2 is 2.27 bits per heavy atom. The van der Waals surface area contributed by atoms with Crippen LogP contribution in [0.15, 0.2) is 35.1 Å². The van der Waals surface area contributed by atoms with E-state index in [1.165, 1.54) is 0 Å². The van der Waals surface area contributed by atoms with Crippen molar-refractivity contribution in [2.75, 3.05) is 5.32 Å². The van der Waals surface area contributed by atoms with E-state index in [0.29, 0.717) is 15.7 Å². The summed E-state index contributed by atoms with van der Waals surface area (Å²) in [7, 11) is 0. The van der Waals surface area contributed by atoms with Crippen LogP contribution in [0.3, 0.4) is 0 Å². The van der Waals surface area contributed by atoms with Crippen LogP contribution in [0.2, 0.25) is 0 Å². The van der Waals surface area contributed by atoms with Crippen molar-refractivity contribution < 1.29 is 4.79 Å². The van der Waals surface area contributed by atoms with Crippen LogP contribution in [-0.4, -0.2) is 15.7 Å². The number of aromatic nitrogens is 2. The third-order valence-electron chi connectivity index (χ3n) is 3.94. The lowest BCUT2D eigenvalue weighted by Crippen LogP contribution is -2.51. The summed E-state index contributed by atoms with van der Waals surface area (Å²) in [6, 6.07) is 7.25. The fraction of sp³-hybridized carbons (Fsp3) is 0.267. The van der Waals surface area contributed by atoms with Gasteiger partial charge >= 0.3 is 0 Å². The van der Waals surface area contributed by atoms with Gasteiger partial charge in [0.05, 0.1) is 15.3 Å². The van der Waals surface area contributed by atoms with Crippen LogP contribution in [0.4, 0.5) is 5.69 Å². The number of amides is 1. The number of benzene rings is 1. The number of nitriles is 1. The van der Waals surface area contributed by atoms with Crippen molar-refractivity contribution in [1.29, 1.82) is 5.26 Å².